The first-order chi connectivity index (χ1) is 10.9. The van der Waals surface area contributed by atoms with E-state index in [1.165, 1.54) is 36.4 Å². The second-order valence-electron chi connectivity index (χ2n) is 5.49. The SMILES string of the molecule is CC(C)COC(=O)c1ccc(NS(=O)(=O)c2ccccc2)cc1. The van der Waals surface area contributed by atoms with E-state index in [0.717, 1.165) is 0 Å². The maximum absolute atomic E-state index is 12.2. The van der Waals surface area contributed by atoms with Gasteiger partial charge in [-0.25, -0.2) is 13.2 Å². The third-order valence-electron chi connectivity index (χ3n) is 2.97. The van der Waals surface area contributed by atoms with Gasteiger partial charge in [-0.15, -0.1) is 0 Å². The average Bonchev–Trinajstić information content (AvgIpc) is 2.54. The van der Waals surface area contributed by atoms with Crippen molar-refractivity contribution >= 4 is 21.7 Å². The molecule has 0 aliphatic heterocycles. The van der Waals surface area contributed by atoms with Gasteiger partial charge in [-0.3, -0.25) is 4.72 Å². The van der Waals surface area contributed by atoms with Crippen LogP contribution in [-0.4, -0.2) is 21.0 Å². The van der Waals surface area contributed by atoms with Crippen LogP contribution in [0.1, 0.15) is 24.2 Å². The number of anilines is 1. The molecule has 0 aliphatic rings. The van der Waals surface area contributed by atoms with Gasteiger partial charge in [0.1, 0.15) is 0 Å². The summed E-state index contributed by atoms with van der Waals surface area (Å²) in [5, 5.41) is 0. The van der Waals surface area contributed by atoms with Crippen molar-refractivity contribution in [2.45, 2.75) is 18.7 Å². The monoisotopic (exact) mass is 333 g/mol. The highest BCUT2D eigenvalue weighted by Gasteiger charge is 2.14. The number of nitrogens with one attached hydrogen (secondary N) is 1. The van der Waals surface area contributed by atoms with Crippen LogP contribution in [0.5, 0.6) is 0 Å². The Morgan fingerprint density at radius 3 is 2.22 bits per heavy atom. The highest BCUT2D eigenvalue weighted by atomic mass is 32.2. The normalized spacial score (nSPS) is 11.3. The fourth-order valence-electron chi connectivity index (χ4n) is 1.81. The van der Waals surface area contributed by atoms with Crippen LogP contribution in [0.4, 0.5) is 5.69 Å². The topological polar surface area (TPSA) is 72.5 Å². The number of rotatable bonds is 6. The molecule has 2 rings (SSSR count). The van der Waals surface area contributed by atoms with Gasteiger partial charge < -0.3 is 4.74 Å². The zero-order valence-electron chi connectivity index (χ0n) is 13.0. The van der Waals surface area contributed by atoms with Crippen LogP contribution in [0.15, 0.2) is 59.5 Å². The molecule has 23 heavy (non-hydrogen) atoms. The van der Waals surface area contributed by atoms with E-state index in [-0.39, 0.29) is 10.8 Å². The van der Waals surface area contributed by atoms with Crippen molar-refractivity contribution in [2.24, 2.45) is 5.92 Å². The molecule has 1 N–H and O–H groups in total. The molecule has 122 valence electrons. The van der Waals surface area contributed by atoms with Gasteiger partial charge in [-0.2, -0.15) is 0 Å². The number of esters is 1. The van der Waals surface area contributed by atoms with Gasteiger partial charge in [0.2, 0.25) is 0 Å². The molecule has 0 atom stereocenters. The quantitative estimate of drug-likeness (QED) is 0.823. The maximum atomic E-state index is 12.2. The molecule has 0 radical (unpaired) electrons. The first-order valence-corrected chi connectivity index (χ1v) is 8.72. The van der Waals surface area contributed by atoms with Gasteiger partial charge in [0.15, 0.2) is 0 Å². The van der Waals surface area contributed by atoms with Crippen LogP contribution in [-0.2, 0) is 14.8 Å². The van der Waals surface area contributed by atoms with Crippen molar-refractivity contribution in [3.05, 3.63) is 60.2 Å². The molecule has 5 nitrogen and oxygen atoms in total. The van der Waals surface area contributed by atoms with Crippen LogP contribution < -0.4 is 4.72 Å². The van der Waals surface area contributed by atoms with E-state index >= 15 is 0 Å². The summed E-state index contributed by atoms with van der Waals surface area (Å²) in [5.41, 5.74) is 0.766. The molecular formula is C17H19NO4S. The van der Waals surface area contributed by atoms with E-state index in [2.05, 4.69) is 4.72 Å². The number of carbonyl (C=O) groups is 1. The fourth-order valence-corrected chi connectivity index (χ4v) is 2.89. The molecule has 0 saturated carbocycles. The molecular weight excluding hydrogens is 314 g/mol. The lowest BCUT2D eigenvalue weighted by atomic mass is 10.2. The number of hydrogen-bond donors (Lipinski definition) is 1. The first kappa shape index (κ1) is 17.0. The highest BCUT2D eigenvalue weighted by Crippen LogP contribution is 2.17. The minimum atomic E-state index is -3.63. The Labute approximate surface area is 136 Å². The molecule has 0 heterocycles. The van der Waals surface area contributed by atoms with Gasteiger partial charge in [0, 0.05) is 5.69 Å². The molecule has 6 heteroatoms. The molecule has 0 amide bonds. The molecule has 2 aromatic rings. The van der Waals surface area contributed by atoms with Crippen molar-refractivity contribution in [3.63, 3.8) is 0 Å². The summed E-state index contributed by atoms with van der Waals surface area (Å²) in [6, 6.07) is 14.2. The Kier molecular flexibility index (Phi) is 5.39. The second kappa shape index (κ2) is 7.28. The molecule has 2 aromatic carbocycles. The standard InChI is InChI=1S/C17H19NO4S/c1-13(2)12-22-17(19)14-8-10-15(11-9-14)18-23(20,21)16-6-4-3-5-7-16/h3-11,13,18H,12H2,1-2H3. The molecule has 0 aliphatic carbocycles. The predicted octanol–water partition coefficient (Wildman–Crippen LogP) is 3.30. The number of sulfonamides is 1. The summed E-state index contributed by atoms with van der Waals surface area (Å²) < 4.78 is 32.0. The predicted molar refractivity (Wildman–Crippen MR) is 88.8 cm³/mol. The zero-order chi connectivity index (χ0) is 16.9. The van der Waals surface area contributed by atoms with Gasteiger partial charge in [-0.1, -0.05) is 32.0 Å². The summed E-state index contributed by atoms with van der Waals surface area (Å²) in [7, 11) is -3.63. The number of carbonyl (C=O) groups excluding carboxylic acids is 1. The van der Waals surface area contributed by atoms with Crippen LogP contribution in [0.3, 0.4) is 0 Å². The number of benzene rings is 2. The summed E-state index contributed by atoms with van der Waals surface area (Å²) in [6.45, 7) is 4.25. The second-order valence-corrected chi connectivity index (χ2v) is 7.17. The first-order valence-electron chi connectivity index (χ1n) is 7.23. The van der Waals surface area contributed by atoms with Crippen molar-refractivity contribution in [1.82, 2.24) is 0 Å². The largest absolute Gasteiger partial charge is 0.462 e. The molecule has 0 bridgehead atoms. The van der Waals surface area contributed by atoms with Crippen LogP contribution in [0.2, 0.25) is 0 Å². The summed E-state index contributed by atoms with van der Waals surface area (Å²) >= 11 is 0. The van der Waals surface area contributed by atoms with Gasteiger partial charge >= 0.3 is 5.97 Å². The van der Waals surface area contributed by atoms with E-state index in [1.54, 1.807) is 18.2 Å². The number of ether oxygens (including phenoxy) is 1. The van der Waals surface area contributed by atoms with E-state index < -0.39 is 16.0 Å². The van der Waals surface area contributed by atoms with Gasteiger partial charge in [0.25, 0.3) is 10.0 Å². The average molecular weight is 333 g/mol. The molecule has 0 fully saturated rings. The van der Waals surface area contributed by atoms with Crippen molar-refractivity contribution in [2.75, 3.05) is 11.3 Å². The Hall–Kier alpha value is -2.34. The number of hydrogen-bond acceptors (Lipinski definition) is 4. The third-order valence-corrected chi connectivity index (χ3v) is 4.37. The summed E-state index contributed by atoms with van der Waals surface area (Å²) in [6.07, 6.45) is 0. The van der Waals surface area contributed by atoms with Crippen molar-refractivity contribution in [3.8, 4) is 0 Å². The van der Waals surface area contributed by atoms with E-state index in [4.69, 9.17) is 4.74 Å². The Morgan fingerprint density at radius 1 is 1.04 bits per heavy atom. The third kappa shape index (κ3) is 4.82. The van der Waals surface area contributed by atoms with Crippen LogP contribution in [0.25, 0.3) is 0 Å². The van der Waals surface area contributed by atoms with Crippen LogP contribution >= 0.6 is 0 Å². The molecule has 0 aromatic heterocycles. The summed E-state index contributed by atoms with van der Waals surface area (Å²) in [5.74, 6) is -0.160. The van der Waals surface area contributed by atoms with E-state index in [0.29, 0.717) is 17.9 Å². The smallest absolute Gasteiger partial charge is 0.338 e. The van der Waals surface area contributed by atoms with Crippen LogP contribution in [0, 0.1) is 5.92 Å². The highest BCUT2D eigenvalue weighted by molar-refractivity contribution is 7.92. The minimum absolute atomic E-state index is 0.181. The maximum Gasteiger partial charge on any atom is 0.338 e. The summed E-state index contributed by atoms with van der Waals surface area (Å²) in [4.78, 5) is 12.0. The Balaban J connectivity index is 2.07. The van der Waals surface area contributed by atoms with Crippen molar-refractivity contribution in [1.29, 1.82) is 0 Å². The van der Waals surface area contributed by atoms with Crippen molar-refractivity contribution < 1.29 is 17.9 Å². The minimum Gasteiger partial charge on any atom is -0.462 e. The zero-order valence-corrected chi connectivity index (χ0v) is 13.8. The lowest BCUT2D eigenvalue weighted by molar-refractivity contribution is 0.0459. The Morgan fingerprint density at radius 2 is 1.65 bits per heavy atom. The lowest BCUT2D eigenvalue weighted by Crippen LogP contribution is -2.13. The molecule has 0 spiro atoms. The lowest BCUT2D eigenvalue weighted by Gasteiger charge is -2.09. The Bertz CT molecular complexity index is 753. The fraction of sp³-hybridized carbons (Fsp3) is 0.235. The molecule has 0 unspecified atom stereocenters. The van der Waals surface area contributed by atoms with E-state index in [9.17, 15) is 13.2 Å². The van der Waals surface area contributed by atoms with Gasteiger partial charge in [0.05, 0.1) is 17.1 Å². The van der Waals surface area contributed by atoms with E-state index in [1.807, 2.05) is 13.8 Å². The van der Waals surface area contributed by atoms with Gasteiger partial charge in [-0.05, 0) is 42.3 Å². The molecule has 0 saturated heterocycles.